The van der Waals surface area contributed by atoms with Gasteiger partial charge in [0.05, 0.1) is 19.8 Å². The lowest BCUT2D eigenvalue weighted by Gasteiger charge is -2.29. The Morgan fingerprint density at radius 1 is 1.08 bits per heavy atom. The van der Waals surface area contributed by atoms with E-state index >= 15 is 0 Å². The van der Waals surface area contributed by atoms with Gasteiger partial charge in [0.2, 0.25) is 0 Å². The lowest BCUT2D eigenvalue weighted by atomic mass is 9.93. The van der Waals surface area contributed by atoms with E-state index in [0.29, 0.717) is 0 Å². The first-order valence-corrected chi connectivity index (χ1v) is 8.56. The number of amides is 1. The van der Waals surface area contributed by atoms with Crippen molar-refractivity contribution in [2.45, 2.75) is 33.9 Å². The highest BCUT2D eigenvalue weighted by molar-refractivity contribution is 7.47. The molecule has 0 fully saturated rings. The van der Waals surface area contributed by atoms with E-state index in [1.165, 1.54) is 0 Å². The van der Waals surface area contributed by atoms with Crippen molar-refractivity contribution >= 4 is 13.7 Å². The van der Waals surface area contributed by atoms with Crippen LogP contribution in [-0.2, 0) is 23.1 Å². The van der Waals surface area contributed by atoms with Crippen LogP contribution in [0.1, 0.15) is 27.7 Å². The van der Waals surface area contributed by atoms with E-state index in [9.17, 15) is 22.5 Å². The van der Waals surface area contributed by atoms with Crippen LogP contribution in [0.5, 0.6) is 0 Å². The second kappa shape index (κ2) is 8.62. The van der Waals surface area contributed by atoms with Crippen molar-refractivity contribution in [1.82, 2.24) is 5.32 Å². The Hall–Kier alpha value is -0.670. The topological polar surface area (TPSA) is 94.1 Å². The van der Waals surface area contributed by atoms with E-state index < -0.39 is 30.7 Å². The summed E-state index contributed by atoms with van der Waals surface area (Å²) < 4.78 is 62.1. The average molecular weight is 379 g/mol. The summed E-state index contributed by atoms with van der Waals surface area (Å²) in [5, 5.41) is 1.81. The fraction of sp³-hybridized carbons (Fsp3) is 0.923. The molecule has 1 unspecified atom stereocenters. The Morgan fingerprint density at radius 2 is 1.58 bits per heavy atom. The minimum atomic E-state index is -4.92. The number of carbonyl (C=O) groups is 1. The second-order valence-electron chi connectivity index (χ2n) is 6.93. The number of phosphoric acid groups is 1. The summed E-state index contributed by atoms with van der Waals surface area (Å²) in [6.07, 6.45) is -4.92. The molecule has 0 spiro atoms. The number of hydrogen-bond donors (Lipinski definition) is 2. The van der Waals surface area contributed by atoms with Gasteiger partial charge in [-0.05, 0) is 0 Å². The van der Waals surface area contributed by atoms with Crippen LogP contribution in [0.15, 0.2) is 0 Å². The smallest absolute Gasteiger partial charge is 0.380 e. The third-order valence-corrected chi connectivity index (χ3v) is 3.74. The minimum absolute atomic E-state index is 0.0790. The molecule has 0 saturated carbocycles. The van der Waals surface area contributed by atoms with Crippen LogP contribution < -0.4 is 5.32 Å². The number of nitrogens with one attached hydrogen (secondary N) is 1. The SMILES string of the molecule is COP(=O)(O)OCC(C)(C)COCC(C)(C)CNC(=O)C(F)(F)F. The Balaban J connectivity index is 4.27. The van der Waals surface area contributed by atoms with Gasteiger partial charge in [0.25, 0.3) is 0 Å². The van der Waals surface area contributed by atoms with E-state index in [0.717, 1.165) is 7.11 Å². The molecule has 7 nitrogen and oxygen atoms in total. The molecule has 0 saturated heterocycles. The summed E-state index contributed by atoms with van der Waals surface area (Å²) >= 11 is 0. The van der Waals surface area contributed by atoms with Crippen LogP contribution in [0, 0.1) is 10.8 Å². The maximum atomic E-state index is 12.1. The fourth-order valence-electron chi connectivity index (χ4n) is 1.43. The molecular formula is C13H25F3NO6P. The van der Waals surface area contributed by atoms with Crippen LogP contribution >= 0.6 is 7.82 Å². The van der Waals surface area contributed by atoms with Crippen LogP contribution in [0.25, 0.3) is 0 Å². The number of hydrogen-bond acceptors (Lipinski definition) is 5. The van der Waals surface area contributed by atoms with Gasteiger partial charge in [-0.3, -0.25) is 13.8 Å². The largest absolute Gasteiger partial charge is 0.471 e. The highest BCUT2D eigenvalue weighted by Crippen LogP contribution is 2.43. The molecule has 0 aromatic carbocycles. The lowest BCUT2D eigenvalue weighted by molar-refractivity contribution is -0.174. The van der Waals surface area contributed by atoms with E-state index in [1.807, 2.05) is 5.32 Å². The standard InChI is InChI=1S/C13H25F3NO6P/c1-11(2,6-17-10(18)13(14,15)16)7-22-8-12(3,4)9-23-24(19,20)21-5/h6-9H2,1-5H3,(H,17,18)(H,19,20). The van der Waals surface area contributed by atoms with Gasteiger partial charge in [0.15, 0.2) is 0 Å². The normalized spacial score (nSPS) is 15.9. The van der Waals surface area contributed by atoms with Gasteiger partial charge < -0.3 is 14.9 Å². The van der Waals surface area contributed by atoms with Crippen molar-refractivity contribution in [2.75, 3.05) is 33.5 Å². The molecule has 144 valence electrons. The first kappa shape index (κ1) is 23.3. The lowest BCUT2D eigenvalue weighted by Crippen LogP contribution is -2.43. The zero-order valence-corrected chi connectivity index (χ0v) is 15.3. The number of rotatable bonds is 10. The predicted molar refractivity (Wildman–Crippen MR) is 80.2 cm³/mol. The summed E-state index contributed by atoms with van der Waals surface area (Å²) in [5.74, 6) is -2.00. The molecule has 0 aliphatic rings. The van der Waals surface area contributed by atoms with Crippen molar-refractivity contribution in [2.24, 2.45) is 10.8 Å². The summed E-state index contributed by atoms with van der Waals surface area (Å²) in [6.45, 7) is 6.61. The van der Waals surface area contributed by atoms with Crippen molar-refractivity contribution in [3.8, 4) is 0 Å². The molecule has 0 heterocycles. The highest BCUT2D eigenvalue weighted by Gasteiger charge is 2.39. The first-order valence-electron chi connectivity index (χ1n) is 7.06. The molecule has 1 atom stereocenters. The molecule has 11 heteroatoms. The Morgan fingerprint density at radius 3 is 2.04 bits per heavy atom. The molecule has 24 heavy (non-hydrogen) atoms. The van der Waals surface area contributed by atoms with Gasteiger partial charge in [-0.15, -0.1) is 0 Å². The zero-order chi connectivity index (χ0) is 19.2. The molecule has 0 aromatic heterocycles. The molecule has 0 aromatic rings. The van der Waals surface area contributed by atoms with E-state index in [4.69, 9.17) is 14.2 Å². The Bertz CT molecular complexity index is 467. The molecule has 0 radical (unpaired) electrons. The summed E-state index contributed by atoms with van der Waals surface area (Å²) in [4.78, 5) is 20.0. The van der Waals surface area contributed by atoms with Gasteiger partial charge >= 0.3 is 19.9 Å². The van der Waals surface area contributed by atoms with Gasteiger partial charge in [-0.25, -0.2) is 4.57 Å². The van der Waals surface area contributed by atoms with Crippen LogP contribution in [0.2, 0.25) is 0 Å². The fourth-order valence-corrected chi connectivity index (χ4v) is 2.04. The van der Waals surface area contributed by atoms with E-state index in [-0.39, 0.29) is 26.4 Å². The average Bonchev–Trinajstić information content (AvgIpc) is 2.41. The van der Waals surface area contributed by atoms with Crippen molar-refractivity contribution < 1.29 is 41.2 Å². The minimum Gasteiger partial charge on any atom is -0.380 e. The van der Waals surface area contributed by atoms with Crippen LogP contribution in [0.4, 0.5) is 13.2 Å². The zero-order valence-electron chi connectivity index (χ0n) is 14.4. The quantitative estimate of drug-likeness (QED) is 0.567. The predicted octanol–water partition coefficient (Wildman–Crippen LogP) is 2.50. The first-order chi connectivity index (χ1) is 10.6. The number of carbonyl (C=O) groups excluding carboxylic acids is 1. The third-order valence-electron chi connectivity index (χ3n) is 2.82. The van der Waals surface area contributed by atoms with Crippen LogP contribution in [0.3, 0.4) is 0 Å². The number of phosphoric ester groups is 1. The molecular weight excluding hydrogens is 354 g/mol. The molecule has 1 amide bonds. The Kier molecular flexibility index (Phi) is 8.38. The van der Waals surface area contributed by atoms with Crippen molar-refractivity contribution in [3.05, 3.63) is 0 Å². The van der Waals surface area contributed by atoms with Crippen molar-refractivity contribution in [1.29, 1.82) is 0 Å². The van der Waals surface area contributed by atoms with Gasteiger partial charge in [0, 0.05) is 24.5 Å². The van der Waals surface area contributed by atoms with E-state index in [2.05, 4.69) is 4.52 Å². The summed E-state index contributed by atoms with van der Waals surface area (Å²) in [7, 11) is -3.04. The number of alkyl halides is 3. The molecule has 0 rings (SSSR count). The van der Waals surface area contributed by atoms with Crippen LogP contribution in [-0.4, -0.2) is 50.5 Å². The number of halogens is 3. The third kappa shape index (κ3) is 10.2. The molecule has 2 N–H and O–H groups in total. The molecule has 0 bridgehead atoms. The van der Waals surface area contributed by atoms with E-state index in [1.54, 1.807) is 27.7 Å². The maximum absolute atomic E-state index is 12.1. The molecule has 0 aliphatic carbocycles. The highest BCUT2D eigenvalue weighted by atomic mass is 31.2. The van der Waals surface area contributed by atoms with Gasteiger partial charge in [-0.2, -0.15) is 13.2 Å². The maximum Gasteiger partial charge on any atom is 0.471 e. The number of ether oxygens (including phenoxy) is 1. The summed E-state index contributed by atoms with van der Waals surface area (Å²) in [5.41, 5.74) is -1.35. The monoisotopic (exact) mass is 379 g/mol. The Labute approximate surface area is 139 Å². The molecule has 0 aliphatic heterocycles. The second-order valence-corrected chi connectivity index (χ2v) is 8.49. The van der Waals surface area contributed by atoms with Gasteiger partial charge in [-0.1, -0.05) is 27.7 Å². The summed E-state index contributed by atoms with van der Waals surface area (Å²) in [6, 6.07) is 0. The van der Waals surface area contributed by atoms with Crippen molar-refractivity contribution in [3.63, 3.8) is 0 Å². The van der Waals surface area contributed by atoms with Gasteiger partial charge in [0.1, 0.15) is 0 Å².